The van der Waals surface area contributed by atoms with Gasteiger partial charge in [0.1, 0.15) is 16.3 Å². The van der Waals surface area contributed by atoms with Gasteiger partial charge in [-0.2, -0.15) is 13.5 Å². The molecule has 0 aliphatic heterocycles. The first-order valence-electron chi connectivity index (χ1n) is 15.1. The summed E-state index contributed by atoms with van der Waals surface area (Å²) in [7, 11) is -7.70. The van der Waals surface area contributed by atoms with Crippen molar-refractivity contribution in [3.8, 4) is 22.9 Å². The van der Waals surface area contributed by atoms with Crippen molar-refractivity contribution >= 4 is 66.0 Å². The van der Waals surface area contributed by atoms with E-state index in [1.807, 2.05) is 0 Å². The molecule has 56 heavy (non-hydrogen) atoms. The van der Waals surface area contributed by atoms with Crippen LogP contribution in [-0.4, -0.2) is 41.5 Å². The number of aryl methyl sites for hydroxylation is 2. The number of phenolic OH excluding ortho intramolecular Hbond substituents is 1. The molecule has 0 fully saturated rings. The topological polar surface area (TPSA) is 290 Å². The normalized spacial score (nSPS) is 11.5. The maximum absolute atomic E-state index is 12.6. The number of azo groups is 2. The largest absolute Gasteiger partial charge is 1.00 e. The van der Waals surface area contributed by atoms with Gasteiger partial charge in [-0.15, -0.1) is 15.3 Å². The smallest absolute Gasteiger partial charge is 0.871 e. The van der Waals surface area contributed by atoms with Gasteiger partial charge in [-0.05, 0) is 92.7 Å². The minimum absolute atomic E-state index is 0. The van der Waals surface area contributed by atoms with Gasteiger partial charge in [0.2, 0.25) is 10.0 Å². The molecule has 0 aliphatic carbocycles. The zero-order valence-electron chi connectivity index (χ0n) is 29.3. The quantitative estimate of drug-likeness (QED) is 0.110. The molecule has 18 nitrogen and oxygen atoms in total. The Balaban J connectivity index is 0.000000290. The number of aromatic nitrogens is 4. The van der Waals surface area contributed by atoms with Gasteiger partial charge in [0, 0.05) is 33.5 Å². The number of halogens is 2. The molecule has 286 valence electrons. The second-order valence-corrected chi connectivity index (χ2v) is 15.4. The van der Waals surface area contributed by atoms with Crippen molar-refractivity contribution in [2.75, 3.05) is 0 Å². The van der Waals surface area contributed by atoms with Crippen LogP contribution in [0.4, 0.5) is 22.7 Å². The number of phenols is 1. The summed E-state index contributed by atoms with van der Waals surface area (Å²) in [6.45, 7) is 3.28. The zero-order chi connectivity index (χ0) is 39.5. The molecule has 0 bridgehead atoms. The fourth-order valence-corrected chi connectivity index (χ4v) is 5.95. The molecule has 0 radical (unpaired) electrons. The molecule has 0 saturated heterocycles. The Morgan fingerprint density at radius 3 is 1.50 bits per heavy atom. The Morgan fingerprint density at radius 2 is 1.11 bits per heavy atom. The van der Waals surface area contributed by atoms with E-state index in [0.717, 1.165) is 18.2 Å². The van der Waals surface area contributed by atoms with Crippen molar-refractivity contribution in [1.29, 1.82) is 0 Å². The third kappa shape index (κ3) is 10.9. The second kappa shape index (κ2) is 18.7. The third-order valence-corrected chi connectivity index (χ3v) is 9.72. The Kier molecular flexibility index (Phi) is 15.4. The van der Waals surface area contributed by atoms with Gasteiger partial charge in [-0.25, -0.2) is 28.1 Å². The number of hydrogen-bond donors (Lipinski definition) is 5. The van der Waals surface area contributed by atoms with Crippen molar-refractivity contribution in [3.63, 3.8) is 0 Å². The number of hydrogen-bond acceptors (Lipinski definition) is 12. The van der Waals surface area contributed by atoms with Gasteiger partial charge in [0.05, 0.1) is 33.3 Å². The van der Waals surface area contributed by atoms with Gasteiger partial charge in [0.15, 0.2) is 11.4 Å². The first-order chi connectivity index (χ1) is 25.3. The number of aromatic hydroxyl groups is 1. The number of nitrogens with two attached hydrogens (primary N) is 1. The monoisotopic (exact) mass is 889 g/mol. The molecule has 2 aromatic heterocycles. The zero-order valence-corrected chi connectivity index (χ0v) is 35.8. The van der Waals surface area contributed by atoms with Crippen LogP contribution >= 0.6 is 23.2 Å². The number of aromatic amines is 2. The summed E-state index contributed by atoms with van der Waals surface area (Å²) in [6.07, 6.45) is 0. The summed E-state index contributed by atoms with van der Waals surface area (Å²) in [6, 6.07) is 19.9. The van der Waals surface area contributed by atoms with Crippen molar-refractivity contribution < 1.29 is 79.1 Å². The maximum atomic E-state index is 12.6. The Labute approximate surface area is 361 Å². The van der Waals surface area contributed by atoms with Crippen LogP contribution < -0.4 is 56.1 Å². The van der Waals surface area contributed by atoms with E-state index in [9.17, 15) is 36.6 Å². The van der Waals surface area contributed by atoms with Crippen LogP contribution in [0, 0.1) is 13.8 Å². The van der Waals surface area contributed by atoms with Crippen LogP contribution in [0.15, 0.2) is 125 Å². The SMILES string of the molecule is Cc1[nH]n(-c2ccc(Cl)cc2)c(=O)c1N=Nc1ccc(S(N)(=O)=O)cc1[O-].Cc1[nH]n(-c2ccc(Cl)cc2)c(=O)c1N=Nc1ccc(S([NH3+])(=O)=O)cc1O.[Cr].[Na+]. The van der Waals surface area contributed by atoms with E-state index in [1.54, 1.807) is 62.4 Å². The summed E-state index contributed by atoms with van der Waals surface area (Å²) in [5.41, 5.74) is 1.08. The average Bonchev–Trinajstić information content (AvgIpc) is 3.55. The Bertz CT molecular complexity index is 2600. The fraction of sp³-hybridized carbons (Fsp3) is 0.0625. The molecule has 6 aromatic rings. The van der Waals surface area contributed by atoms with E-state index in [0.29, 0.717) is 32.8 Å². The molecule has 4 aromatic carbocycles. The minimum atomic E-state index is -3.99. The number of H-pyrrole nitrogens is 2. The van der Waals surface area contributed by atoms with Crippen molar-refractivity contribution in [3.05, 3.63) is 127 Å². The molecule has 8 N–H and O–H groups in total. The van der Waals surface area contributed by atoms with E-state index < -0.39 is 42.7 Å². The Hall–Kier alpha value is -4.37. The van der Waals surface area contributed by atoms with Crippen LogP contribution in [0.3, 0.4) is 0 Å². The molecule has 0 unspecified atom stereocenters. The fourth-order valence-electron chi connectivity index (χ4n) is 4.60. The molecule has 0 aliphatic rings. The molecule has 0 saturated carbocycles. The first-order valence-corrected chi connectivity index (χ1v) is 19.0. The number of rotatable bonds is 8. The molecule has 6 rings (SSSR count). The molecular weight excluding hydrogens is 862 g/mol. The number of nitrogens with zero attached hydrogens (tertiary/aromatic N) is 6. The van der Waals surface area contributed by atoms with E-state index in [2.05, 4.69) is 35.8 Å². The predicted molar refractivity (Wildman–Crippen MR) is 196 cm³/mol. The van der Waals surface area contributed by atoms with E-state index in [-0.39, 0.29) is 79.5 Å². The molecule has 2 heterocycles. The van der Waals surface area contributed by atoms with Crippen molar-refractivity contribution in [2.45, 2.75) is 23.6 Å². The molecule has 0 spiro atoms. The average molecular weight is 891 g/mol. The number of nitrogens with one attached hydrogen (secondary N) is 2. The van der Waals surface area contributed by atoms with Gasteiger partial charge in [-0.3, -0.25) is 19.8 Å². The standard InChI is InChI=1S/2C16H14ClN5O4S.Cr.Na/c2*1-9-15(16(24)22(21-9)11-4-2-10(17)3-5-11)20-19-13-7-6-12(8-14(13)23)27(18,25)26;;/h2*2-8,21,23H,1H3,(H2,18,25,26);;/q;;;+1. The van der Waals surface area contributed by atoms with E-state index in [4.69, 9.17) is 28.3 Å². The Morgan fingerprint density at radius 1 is 0.696 bits per heavy atom. The van der Waals surface area contributed by atoms with Crippen molar-refractivity contribution in [1.82, 2.24) is 19.6 Å². The molecule has 0 atom stereocenters. The summed E-state index contributed by atoms with van der Waals surface area (Å²) in [4.78, 5) is 24.6. The second-order valence-electron chi connectivity index (χ2n) is 11.2. The maximum Gasteiger partial charge on any atom is 1.00 e. The van der Waals surface area contributed by atoms with E-state index in [1.165, 1.54) is 27.6 Å². The minimum Gasteiger partial charge on any atom is -0.871 e. The third-order valence-electron chi connectivity index (χ3n) is 7.33. The van der Waals surface area contributed by atoms with Gasteiger partial charge in [0.25, 0.3) is 11.1 Å². The summed E-state index contributed by atoms with van der Waals surface area (Å²) >= 11 is 11.7. The van der Waals surface area contributed by atoms with Crippen LogP contribution in [0.25, 0.3) is 11.4 Å². The summed E-state index contributed by atoms with van der Waals surface area (Å²) in [5, 5.41) is 52.1. The van der Waals surface area contributed by atoms with Crippen molar-refractivity contribution in [2.24, 2.45) is 25.6 Å². The number of quaternary nitrogens is 1. The van der Waals surface area contributed by atoms with Gasteiger partial charge < -0.3 is 10.2 Å². The number of benzene rings is 4. The first kappa shape index (κ1) is 46.0. The molecule has 0 amide bonds. The summed E-state index contributed by atoms with van der Waals surface area (Å²) in [5.74, 6) is -1.08. The summed E-state index contributed by atoms with van der Waals surface area (Å²) < 4.78 is 47.8. The molecular formula is C32H28Cl2CrN10NaO8S2+. The van der Waals surface area contributed by atoms with Crippen LogP contribution in [-0.2, 0) is 37.4 Å². The number of primary sulfonamides is 1. The van der Waals surface area contributed by atoms with Gasteiger partial charge >= 0.3 is 39.6 Å². The van der Waals surface area contributed by atoms with Crippen LogP contribution in [0.2, 0.25) is 10.0 Å². The van der Waals surface area contributed by atoms with Crippen LogP contribution in [0.1, 0.15) is 11.4 Å². The van der Waals surface area contributed by atoms with Crippen LogP contribution in [0.5, 0.6) is 11.5 Å². The predicted octanol–water partition coefficient (Wildman–Crippen LogP) is 1.44. The van der Waals surface area contributed by atoms with E-state index >= 15 is 0 Å². The van der Waals surface area contributed by atoms with Gasteiger partial charge in [-0.1, -0.05) is 29.0 Å². The molecule has 24 heteroatoms. The number of sulfonamides is 2.